The molecule has 128 valence electrons. The molecule has 0 radical (unpaired) electrons. The van der Waals surface area contributed by atoms with Crippen molar-refractivity contribution in [3.05, 3.63) is 54.4 Å². The van der Waals surface area contributed by atoms with Gasteiger partial charge in [0.25, 0.3) is 0 Å². The second-order valence-electron chi connectivity index (χ2n) is 6.31. The highest BCUT2D eigenvalue weighted by molar-refractivity contribution is 5.80. The number of hydrazine groups is 1. The first-order chi connectivity index (χ1) is 11.7. The van der Waals surface area contributed by atoms with Crippen LogP contribution in [0, 0.1) is 0 Å². The van der Waals surface area contributed by atoms with Crippen LogP contribution in [-0.2, 0) is 4.79 Å². The zero-order valence-corrected chi connectivity index (χ0v) is 14.2. The topological polar surface area (TPSA) is 62.2 Å². The van der Waals surface area contributed by atoms with E-state index in [9.17, 15) is 4.79 Å². The number of carbonyl (C=O) groups is 1. The van der Waals surface area contributed by atoms with Gasteiger partial charge < -0.3 is 4.90 Å². The van der Waals surface area contributed by atoms with E-state index in [4.69, 9.17) is 0 Å². The molecule has 1 aromatic carbocycles. The van der Waals surface area contributed by atoms with Crippen LogP contribution < -0.4 is 10.9 Å². The summed E-state index contributed by atoms with van der Waals surface area (Å²) in [6.45, 7) is 2.69. The fraction of sp³-hybridized carbons (Fsp3) is 0.444. The molecule has 0 aliphatic carbocycles. The van der Waals surface area contributed by atoms with Crippen LogP contribution in [0.2, 0.25) is 0 Å². The molecule has 6 nitrogen and oxygen atoms in total. The van der Waals surface area contributed by atoms with Gasteiger partial charge in [-0.1, -0.05) is 37.3 Å². The molecule has 3 unspecified atom stereocenters. The summed E-state index contributed by atoms with van der Waals surface area (Å²) in [6, 6.07) is 12.5. The van der Waals surface area contributed by atoms with Gasteiger partial charge in [-0.25, -0.2) is 5.43 Å². The lowest BCUT2D eigenvalue weighted by atomic mass is 10.0. The van der Waals surface area contributed by atoms with Crippen LogP contribution in [0.1, 0.15) is 37.4 Å². The molecule has 24 heavy (non-hydrogen) atoms. The molecule has 1 fully saturated rings. The van der Waals surface area contributed by atoms with Gasteiger partial charge in [-0.05, 0) is 24.5 Å². The number of aromatic nitrogens is 2. The zero-order chi connectivity index (χ0) is 16.9. The van der Waals surface area contributed by atoms with Crippen LogP contribution in [0.5, 0.6) is 0 Å². The minimum absolute atomic E-state index is 0.103. The number of likely N-dealkylation sites (N-methyl/N-ethyl adjacent to an activating group) is 1. The lowest BCUT2D eigenvalue weighted by Crippen LogP contribution is -2.43. The number of carbonyl (C=O) groups excluding carboxylic acids is 1. The molecule has 3 atom stereocenters. The first-order valence-corrected chi connectivity index (χ1v) is 8.49. The van der Waals surface area contributed by atoms with Crippen molar-refractivity contribution >= 4 is 5.91 Å². The van der Waals surface area contributed by atoms with E-state index in [1.165, 1.54) is 5.56 Å². The van der Waals surface area contributed by atoms with E-state index in [1.54, 1.807) is 10.9 Å². The maximum Gasteiger partial charge on any atom is 0.247 e. The Morgan fingerprint density at radius 2 is 2.12 bits per heavy atom. The van der Waals surface area contributed by atoms with Crippen LogP contribution >= 0.6 is 0 Å². The van der Waals surface area contributed by atoms with E-state index >= 15 is 0 Å². The van der Waals surface area contributed by atoms with E-state index in [0.29, 0.717) is 6.54 Å². The number of nitrogens with one attached hydrogen (secondary N) is 2. The van der Waals surface area contributed by atoms with Gasteiger partial charge in [0, 0.05) is 38.1 Å². The van der Waals surface area contributed by atoms with E-state index in [-0.39, 0.29) is 24.0 Å². The maximum absolute atomic E-state index is 12.7. The van der Waals surface area contributed by atoms with E-state index < -0.39 is 0 Å². The molecule has 0 saturated carbocycles. The molecule has 3 rings (SSSR count). The maximum atomic E-state index is 12.7. The van der Waals surface area contributed by atoms with Crippen molar-refractivity contribution in [2.75, 3.05) is 13.6 Å². The molecule has 2 N–H and O–H groups in total. The molecule has 0 bridgehead atoms. The Hall–Kier alpha value is -2.18. The molecule has 1 saturated heterocycles. The summed E-state index contributed by atoms with van der Waals surface area (Å²) in [5, 5.41) is 4.22. The molecule has 0 spiro atoms. The van der Waals surface area contributed by atoms with E-state index in [0.717, 1.165) is 12.8 Å². The van der Waals surface area contributed by atoms with Gasteiger partial charge >= 0.3 is 0 Å². The molecule has 1 aliphatic heterocycles. The Morgan fingerprint density at radius 3 is 2.79 bits per heavy atom. The number of benzene rings is 1. The monoisotopic (exact) mass is 327 g/mol. The predicted octanol–water partition coefficient (Wildman–Crippen LogP) is 1.90. The quantitative estimate of drug-likeness (QED) is 0.851. The van der Waals surface area contributed by atoms with Crippen molar-refractivity contribution in [3.8, 4) is 0 Å². The standard InChI is InChI=1S/C18H25N5O/c1-3-17(23-11-7-10-19-23)18(24)22(2)13-15-12-16(21-20-15)14-8-5-4-6-9-14/h4-11,15-17,20-21H,3,12-13H2,1-2H3. The molecule has 1 aromatic heterocycles. The number of amides is 1. The molecular weight excluding hydrogens is 302 g/mol. The molecule has 2 aromatic rings. The predicted molar refractivity (Wildman–Crippen MR) is 93.1 cm³/mol. The minimum atomic E-state index is -0.232. The normalized spacial score (nSPS) is 21.6. The summed E-state index contributed by atoms with van der Waals surface area (Å²) in [4.78, 5) is 14.5. The number of hydrogen-bond acceptors (Lipinski definition) is 4. The Bertz CT molecular complexity index is 643. The highest BCUT2D eigenvalue weighted by Gasteiger charge is 2.29. The lowest BCUT2D eigenvalue weighted by Gasteiger charge is -2.25. The number of rotatable bonds is 6. The lowest BCUT2D eigenvalue weighted by molar-refractivity contribution is -0.134. The van der Waals surface area contributed by atoms with Crippen molar-refractivity contribution in [1.29, 1.82) is 0 Å². The van der Waals surface area contributed by atoms with Gasteiger partial charge in [-0.3, -0.25) is 14.9 Å². The van der Waals surface area contributed by atoms with Crippen molar-refractivity contribution in [2.24, 2.45) is 0 Å². The third-order valence-electron chi connectivity index (χ3n) is 4.57. The Morgan fingerprint density at radius 1 is 1.33 bits per heavy atom. The highest BCUT2D eigenvalue weighted by Crippen LogP contribution is 2.22. The van der Waals surface area contributed by atoms with Crippen molar-refractivity contribution in [2.45, 2.75) is 37.9 Å². The van der Waals surface area contributed by atoms with Crippen LogP contribution in [0.3, 0.4) is 0 Å². The SMILES string of the molecule is CCC(C(=O)N(C)CC1CC(c2ccccc2)NN1)n1cccn1. The smallest absolute Gasteiger partial charge is 0.247 e. The Balaban J connectivity index is 1.57. The zero-order valence-electron chi connectivity index (χ0n) is 14.2. The summed E-state index contributed by atoms with van der Waals surface area (Å²) in [6.07, 6.45) is 5.25. The van der Waals surface area contributed by atoms with Gasteiger partial charge in [0.05, 0.1) is 0 Å². The average Bonchev–Trinajstić information content (AvgIpc) is 3.28. The van der Waals surface area contributed by atoms with Crippen LogP contribution in [0.15, 0.2) is 48.8 Å². The third-order valence-corrected chi connectivity index (χ3v) is 4.57. The third kappa shape index (κ3) is 3.66. The van der Waals surface area contributed by atoms with Gasteiger partial charge in [-0.2, -0.15) is 5.10 Å². The van der Waals surface area contributed by atoms with Gasteiger partial charge in [0.2, 0.25) is 5.91 Å². The fourth-order valence-electron chi connectivity index (χ4n) is 3.26. The van der Waals surface area contributed by atoms with E-state index in [1.807, 2.05) is 37.2 Å². The van der Waals surface area contributed by atoms with E-state index in [2.05, 4.69) is 40.2 Å². The van der Waals surface area contributed by atoms with Gasteiger partial charge in [-0.15, -0.1) is 0 Å². The van der Waals surface area contributed by atoms with Crippen molar-refractivity contribution < 1.29 is 4.79 Å². The molecule has 1 amide bonds. The summed E-state index contributed by atoms with van der Waals surface area (Å²) in [5.74, 6) is 0.103. The molecular formula is C18H25N5O. The number of nitrogens with zero attached hydrogens (tertiary/aromatic N) is 3. The molecule has 2 heterocycles. The van der Waals surface area contributed by atoms with Crippen LogP contribution in [-0.4, -0.2) is 40.2 Å². The van der Waals surface area contributed by atoms with Gasteiger partial charge in [0.1, 0.15) is 6.04 Å². The van der Waals surface area contributed by atoms with Crippen LogP contribution in [0.25, 0.3) is 0 Å². The van der Waals surface area contributed by atoms with Crippen molar-refractivity contribution in [1.82, 2.24) is 25.5 Å². The number of hydrogen-bond donors (Lipinski definition) is 2. The summed E-state index contributed by atoms with van der Waals surface area (Å²) < 4.78 is 1.74. The molecule has 6 heteroatoms. The summed E-state index contributed by atoms with van der Waals surface area (Å²) >= 11 is 0. The molecule has 1 aliphatic rings. The largest absolute Gasteiger partial charge is 0.342 e. The highest BCUT2D eigenvalue weighted by atomic mass is 16.2. The second kappa shape index (κ2) is 7.59. The summed E-state index contributed by atoms with van der Waals surface area (Å²) in [5.41, 5.74) is 7.92. The first kappa shape index (κ1) is 16.7. The van der Waals surface area contributed by atoms with Gasteiger partial charge in [0.15, 0.2) is 0 Å². The van der Waals surface area contributed by atoms with Crippen molar-refractivity contribution in [3.63, 3.8) is 0 Å². The Labute approximate surface area is 142 Å². The Kier molecular flexibility index (Phi) is 5.27. The summed E-state index contributed by atoms with van der Waals surface area (Å²) in [7, 11) is 1.87. The second-order valence-corrected chi connectivity index (χ2v) is 6.31. The first-order valence-electron chi connectivity index (χ1n) is 8.49. The van der Waals surface area contributed by atoms with Crippen LogP contribution in [0.4, 0.5) is 0 Å². The minimum Gasteiger partial charge on any atom is -0.342 e. The average molecular weight is 327 g/mol. The fourth-order valence-corrected chi connectivity index (χ4v) is 3.26.